The molecule has 0 spiro atoms. The zero-order valence-corrected chi connectivity index (χ0v) is 14.7. The molecule has 6 nitrogen and oxygen atoms in total. The summed E-state index contributed by atoms with van der Waals surface area (Å²) in [6, 6.07) is 11.5. The van der Waals surface area contributed by atoms with E-state index in [2.05, 4.69) is 15.0 Å². The standard InChI is InChI=1S/C19H16F3N3O3/c1-12(13-6-8-14(9-7-13)28-19(20,21)22)24-17(26)10-25-11-23-16-5-3-2-4-15(16)18(25)27/h2-9,11-12H,10H2,1H3,(H,24,26). The summed E-state index contributed by atoms with van der Waals surface area (Å²) in [6.45, 7) is 1.45. The van der Waals surface area contributed by atoms with E-state index in [1.807, 2.05) is 0 Å². The number of nitrogens with one attached hydrogen (secondary N) is 1. The molecule has 0 saturated carbocycles. The van der Waals surface area contributed by atoms with E-state index < -0.39 is 18.3 Å². The summed E-state index contributed by atoms with van der Waals surface area (Å²) >= 11 is 0. The van der Waals surface area contributed by atoms with Crippen LogP contribution in [0.25, 0.3) is 10.9 Å². The van der Waals surface area contributed by atoms with Crippen LogP contribution in [0, 0.1) is 0 Å². The largest absolute Gasteiger partial charge is 0.573 e. The molecule has 0 saturated heterocycles. The predicted octanol–water partition coefficient (Wildman–Crippen LogP) is 3.17. The first-order chi connectivity index (χ1) is 13.2. The van der Waals surface area contributed by atoms with E-state index in [1.165, 1.54) is 35.2 Å². The van der Waals surface area contributed by atoms with Crippen molar-refractivity contribution in [3.05, 3.63) is 70.8 Å². The minimum atomic E-state index is -4.76. The maximum Gasteiger partial charge on any atom is 0.573 e. The SMILES string of the molecule is CC(NC(=O)Cn1cnc2ccccc2c1=O)c1ccc(OC(F)(F)F)cc1. The summed E-state index contributed by atoms with van der Waals surface area (Å²) in [5, 5.41) is 3.11. The fourth-order valence-corrected chi connectivity index (χ4v) is 2.70. The van der Waals surface area contributed by atoms with E-state index in [0.29, 0.717) is 16.5 Å². The number of halogens is 3. The molecule has 1 atom stereocenters. The van der Waals surface area contributed by atoms with Crippen LogP contribution in [0.2, 0.25) is 0 Å². The lowest BCUT2D eigenvalue weighted by Crippen LogP contribution is -2.34. The van der Waals surface area contributed by atoms with Gasteiger partial charge in [0.25, 0.3) is 5.56 Å². The fraction of sp³-hybridized carbons (Fsp3) is 0.211. The van der Waals surface area contributed by atoms with Crippen LogP contribution < -0.4 is 15.6 Å². The molecule has 0 fully saturated rings. The van der Waals surface area contributed by atoms with E-state index in [1.54, 1.807) is 31.2 Å². The molecule has 1 amide bonds. The van der Waals surface area contributed by atoms with Crippen molar-refractivity contribution in [2.45, 2.75) is 25.9 Å². The van der Waals surface area contributed by atoms with Crippen molar-refractivity contribution in [2.75, 3.05) is 0 Å². The Morgan fingerprint density at radius 2 is 1.86 bits per heavy atom. The number of rotatable bonds is 5. The Morgan fingerprint density at radius 1 is 1.18 bits per heavy atom. The van der Waals surface area contributed by atoms with E-state index in [-0.39, 0.29) is 17.9 Å². The van der Waals surface area contributed by atoms with Crippen LogP contribution in [0.3, 0.4) is 0 Å². The Morgan fingerprint density at radius 3 is 2.54 bits per heavy atom. The molecule has 0 bridgehead atoms. The van der Waals surface area contributed by atoms with Crippen LogP contribution in [0.15, 0.2) is 59.7 Å². The molecule has 0 aliphatic rings. The zero-order valence-electron chi connectivity index (χ0n) is 14.7. The van der Waals surface area contributed by atoms with Gasteiger partial charge in [-0.3, -0.25) is 14.2 Å². The molecule has 0 radical (unpaired) electrons. The van der Waals surface area contributed by atoms with E-state index in [4.69, 9.17) is 0 Å². The first kappa shape index (κ1) is 19.4. The molecular formula is C19H16F3N3O3. The van der Waals surface area contributed by atoms with Gasteiger partial charge in [-0.25, -0.2) is 4.98 Å². The number of aromatic nitrogens is 2. The van der Waals surface area contributed by atoms with Gasteiger partial charge in [-0.2, -0.15) is 0 Å². The molecule has 1 unspecified atom stereocenters. The fourth-order valence-electron chi connectivity index (χ4n) is 2.70. The Balaban J connectivity index is 1.66. The van der Waals surface area contributed by atoms with Crippen LogP contribution in [-0.2, 0) is 11.3 Å². The number of nitrogens with zero attached hydrogens (tertiary/aromatic N) is 2. The first-order valence-electron chi connectivity index (χ1n) is 8.32. The third-order valence-corrected chi connectivity index (χ3v) is 4.04. The number of hydrogen-bond donors (Lipinski definition) is 1. The van der Waals surface area contributed by atoms with Gasteiger partial charge in [-0.15, -0.1) is 13.2 Å². The Hall–Kier alpha value is -3.36. The van der Waals surface area contributed by atoms with Gasteiger partial charge in [-0.1, -0.05) is 24.3 Å². The van der Waals surface area contributed by atoms with Crippen molar-refractivity contribution in [3.8, 4) is 5.75 Å². The third-order valence-electron chi connectivity index (χ3n) is 4.04. The van der Waals surface area contributed by atoms with Crippen LogP contribution >= 0.6 is 0 Å². The van der Waals surface area contributed by atoms with Crippen molar-refractivity contribution in [1.29, 1.82) is 0 Å². The highest BCUT2D eigenvalue weighted by Gasteiger charge is 2.31. The predicted molar refractivity (Wildman–Crippen MR) is 95.7 cm³/mol. The number of amides is 1. The quantitative estimate of drug-likeness (QED) is 0.725. The average molecular weight is 391 g/mol. The number of carbonyl (C=O) groups is 1. The van der Waals surface area contributed by atoms with Gasteiger partial charge in [-0.05, 0) is 36.8 Å². The molecule has 1 heterocycles. The van der Waals surface area contributed by atoms with Crippen molar-refractivity contribution in [3.63, 3.8) is 0 Å². The second-order valence-electron chi connectivity index (χ2n) is 6.10. The molecule has 0 aliphatic heterocycles. The molecule has 9 heteroatoms. The topological polar surface area (TPSA) is 73.2 Å². The molecular weight excluding hydrogens is 375 g/mol. The van der Waals surface area contributed by atoms with Crippen molar-refractivity contribution >= 4 is 16.8 Å². The molecule has 2 aromatic carbocycles. The lowest BCUT2D eigenvalue weighted by molar-refractivity contribution is -0.274. The third kappa shape index (κ3) is 4.67. The van der Waals surface area contributed by atoms with Crippen LogP contribution in [0.5, 0.6) is 5.75 Å². The minimum Gasteiger partial charge on any atom is -0.406 e. The molecule has 1 N–H and O–H groups in total. The van der Waals surface area contributed by atoms with Gasteiger partial charge in [0.2, 0.25) is 5.91 Å². The Bertz CT molecular complexity index is 1050. The normalized spacial score (nSPS) is 12.6. The number of benzene rings is 2. The van der Waals surface area contributed by atoms with Crippen molar-refractivity contribution < 1.29 is 22.7 Å². The van der Waals surface area contributed by atoms with Crippen LogP contribution in [0.4, 0.5) is 13.2 Å². The van der Waals surface area contributed by atoms with Gasteiger partial charge >= 0.3 is 6.36 Å². The lowest BCUT2D eigenvalue weighted by Gasteiger charge is -2.16. The lowest BCUT2D eigenvalue weighted by atomic mass is 10.1. The number of fused-ring (bicyclic) bond motifs is 1. The van der Waals surface area contributed by atoms with E-state index in [9.17, 15) is 22.8 Å². The summed E-state index contributed by atoms with van der Waals surface area (Å²) in [6.07, 6.45) is -3.46. The van der Waals surface area contributed by atoms with Gasteiger partial charge in [0, 0.05) is 0 Å². The Kier molecular flexibility index (Phi) is 5.34. The first-order valence-corrected chi connectivity index (χ1v) is 8.32. The highest BCUT2D eigenvalue weighted by atomic mass is 19.4. The number of para-hydroxylation sites is 1. The molecule has 0 aliphatic carbocycles. The molecule has 28 heavy (non-hydrogen) atoms. The van der Waals surface area contributed by atoms with E-state index >= 15 is 0 Å². The average Bonchev–Trinajstić information content (AvgIpc) is 2.63. The highest BCUT2D eigenvalue weighted by molar-refractivity contribution is 5.79. The molecule has 3 rings (SSSR count). The minimum absolute atomic E-state index is 0.226. The summed E-state index contributed by atoms with van der Waals surface area (Å²) in [5.41, 5.74) is 0.799. The highest BCUT2D eigenvalue weighted by Crippen LogP contribution is 2.24. The summed E-state index contributed by atoms with van der Waals surface area (Å²) < 4.78 is 41.6. The second kappa shape index (κ2) is 7.71. The zero-order chi connectivity index (χ0) is 20.3. The van der Waals surface area contributed by atoms with Crippen molar-refractivity contribution in [2.24, 2.45) is 0 Å². The maximum atomic E-state index is 12.4. The van der Waals surface area contributed by atoms with Gasteiger partial charge in [0.1, 0.15) is 12.3 Å². The monoisotopic (exact) mass is 391 g/mol. The summed E-state index contributed by atoms with van der Waals surface area (Å²) in [4.78, 5) is 28.8. The van der Waals surface area contributed by atoms with Crippen molar-refractivity contribution in [1.82, 2.24) is 14.9 Å². The van der Waals surface area contributed by atoms with Gasteiger partial charge < -0.3 is 10.1 Å². The summed E-state index contributed by atoms with van der Waals surface area (Å²) in [5.74, 6) is -0.772. The molecule has 3 aromatic rings. The Labute approximate surface area is 157 Å². The second-order valence-corrected chi connectivity index (χ2v) is 6.10. The van der Waals surface area contributed by atoms with E-state index in [0.717, 1.165) is 0 Å². The molecule has 1 aromatic heterocycles. The molecule has 146 valence electrons. The van der Waals surface area contributed by atoms with Crippen LogP contribution in [-0.4, -0.2) is 21.8 Å². The number of carbonyl (C=O) groups excluding carboxylic acids is 1. The number of alkyl halides is 3. The smallest absolute Gasteiger partial charge is 0.406 e. The number of ether oxygens (including phenoxy) is 1. The number of hydrogen-bond acceptors (Lipinski definition) is 4. The van der Waals surface area contributed by atoms with Gasteiger partial charge in [0.15, 0.2) is 0 Å². The van der Waals surface area contributed by atoms with Gasteiger partial charge in [0.05, 0.1) is 23.3 Å². The summed E-state index contributed by atoms with van der Waals surface area (Å²) in [7, 11) is 0. The maximum absolute atomic E-state index is 12.4. The van der Waals surface area contributed by atoms with Crippen LogP contribution in [0.1, 0.15) is 18.5 Å².